The number of unbranched alkanes of at least 4 members (excludes halogenated alkanes) is 5. The molecular formula is C100H148BrF6NaO10S4. The van der Waals surface area contributed by atoms with E-state index in [1.807, 2.05) is 24.3 Å². The van der Waals surface area contributed by atoms with Gasteiger partial charge in [0.1, 0.15) is 0 Å². The summed E-state index contributed by atoms with van der Waals surface area (Å²) in [6.45, 7) is 12.4. The van der Waals surface area contributed by atoms with E-state index < -0.39 is 45.1 Å². The zero-order valence-electron chi connectivity index (χ0n) is 74.5. The fourth-order valence-electron chi connectivity index (χ4n) is 8.10. The minimum Gasteiger partial charge on any atom is -0.662 e. The average Bonchev–Trinajstić information content (AvgIpc) is 0.928. The number of hydrogen-bond acceptors (Lipinski definition) is 13. The molecule has 122 heavy (non-hydrogen) atoms. The van der Waals surface area contributed by atoms with Crippen molar-refractivity contribution in [3.8, 4) is 0 Å². The van der Waals surface area contributed by atoms with Crippen molar-refractivity contribution in [3.63, 3.8) is 0 Å². The number of rotatable bonds is 63. The summed E-state index contributed by atoms with van der Waals surface area (Å²) in [5.74, 6) is -1.87. The Labute approximate surface area is 780 Å². The van der Waals surface area contributed by atoms with Crippen LogP contribution < -0.4 is 34.8 Å². The van der Waals surface area contributed by atoms with Gasteiger partial charge < -0.3 is 15.3 Å². The molecule has 0 saturated carbocycles. The van der Waals surface area contributed by atoms with E-state index in [1.165, 1.54) is 11.8 Å². The van der Waals surface area contributed by atoms with E-state index in [9.17, 15) is 49.1 Å². The largest absolute Gasteiger partial charge is 1.00 e. The first kappa shape index (κ1) is 131. The van der Waals surface area contributed by atoms with Crippen molar-refractivity contribution in [2.45, 2.75) is 247 Å². The number of carbonyl (C=O) groups is 4. The predicted octanol–water partition coefficient (Wildman–Crippen LogP) is 26.6. The topological polar surface area (TPSA) is 164 Å². The van der Waals surface area contributed by atoms with Gasteiger partial charge in [-0.25, -0.2) is 0 Å². The molecule has 0 unspecified atom stereocenters. The molecule has 682 valence electrons. The maximum Gasteiger partial charge on any atom is 1.00 e. The number of thioether (sulfide) groups is 2. The Morgan fingerprint density at radius 1 is 0.369 bits per heavy atom. The van der Waals surface area contributed by atoms with Gasteiger partial charge in [-0.15, -0.1) is 11.8 Å². The first-order chi connectivity index (χ1) is 58.5. The third-order valence-electron chi connectivity index (χ3n) is 14.1. The van der Waals surface area contributed by atoms with Crippen molar-refractivity contribution in [2.24, 2.45) is 0 Å². The Bertz CT molecular complexity index is 3210. The summed E-state index contributed by atoms with van der Waals surface area (Å²) >= 11 is 8.84. The molecule has 0 bridgehead atoms. The predicted molar refractivity (Wildman–Crippen MR) is 521 cm³/mol. The molecule has 0 spiro atoms. The van der Waals surface area contributed by atoms with Crippen LogP contribution in [0.4, 0.5) is 26.3 Å². The zero-order chi connectivity index (χ0) is 91.3. The van der Waals surface area contributed by atoms with Gasteiger partial charge >= 0.3 is 41.9 Å². The molecule has 0 aromatic carbocycles. The van der Waals surface area contributed by atoms with E-state index >= 15 is 0 Å². The minimum atomic E-state index is -4.71. The number of halogens is 7. The number of allylic oxidation sites excluding steroid dienone is 45. The molecule has 0 aromatic rings. The molecular weight excluding hydrogens is 1710 g/mol. The molecule has 0 atom stereocenters. The molecule has 0 aliphatic heterocycles. The maximum absolute atomic E-state index is 12.0. The number of hydrogen-bond donors (Lipinski definition) is 2. The van der Waals surface area contributed by atoms with Crippen LogP contribution in [-0.2, 0) is 38.4 Å². The Hall–Kier alpha value is -6.08. The molecule has 0 amide bonds. The second-order valence-electron chi connectivity index (χ2n) is 25.1. The SMILES string of the molecule is CC/C=C\C/C=C\C/C=C\C/C=C\CC/C=C/CO.CC/C=C\C/C=C\C/C=C\C/C=C\CC/C=C/COS(C)(=O)=O.CC/C=C\C/C=C\C/C=C\C/C=C\CC/C=C/CS.CC/C=C\C/C=C\C/C=C\C/C=C\CC/C=C/CSC(C)=O.CC/C=C\C/C=C\C/C=C\C/C=C\CC/C=C/CSCC(=O)C(F)(F)F.O=C(CBr)C(F)(F)F.O=CO[O-].[Na+]. The van der Waals surface area contributed by atoms with Gasteiger partial charge in [-0.3, -0.25) is 23.4 Å². The monoisotopic (exact) mass is 1850 g/mol. The second-order valence-corrected chi connectivity index (χ2v) is 29.9. The first-order valence-corrected chi connectivity index (χ1v) is 47.8. The number of aliphatic hydroxyl groups excluding tert-OH is 1. The number of ketones is 2. The van der Waals surface area contributed by atoms with Crippen LogP contribution in [0.25, 0.3) is 0 Å². The van der Waals surface area contributed by atoms with E-state index in [4.69, 9.17) is 15.2 Å². The van der Waals surface area contributed by atoms with E-state index in [0.717, 1.165) is 222 Å². The van der Waals surface area contributed by atoms with Crippen molar-refractivity contribution < 1.29 is 103 Å². The van der Waals surface area contributed by atoms with Crippen LogP contribution in [0.5, 0.6) is 0 Å². The molecule has 0 aromatic heterocycles. The van der Waals surface area contributed by atoms with Gasteiger partial charge in [0.05, 0.1) is 30.6 Å². The smallest absolute Gasteiger partial charge is 0.662 e. The van der Waals surface area contributed by atoms with Crippen molar-refractivity contribution in [1.82, 2.24) is 0 Å². The first-order valence-electron chi connectivity index (χ1n) is 42.0. The third kappa shape index (κ3) is 145. The molecule has 0 aliphatic carbocycles. The van der Waals surface area contributed by atoms with Crippen LogP contribution in [0, 0.1) is 0 Å². The molecule has 0 rings (SSSR count). The maximum atomic E-state index is 12.0. The Balaban J connectivity index is -0.000000215. The van der Waals surface area contributed by atoms with Gasteiger partial charge in [-0.1, -0.05) is 366 Å². The molecule has 10 nitrogen and oxygen atoms in total. The zero-order valence-corrected chi connectivity index (χ0v) is 81.5. The van der Waals surface area contributed by atoms with Gasteiger partial charge in [-0.2, -0.15) is 47.4 Å². The molecule has 22 heteroatoms. The summed E-state index contributed by atoms with van der Waals surface area (Å²) < 4.78 is 95.1. The van der Waals surface area contributed by atoms with E-state index in [0.29, 0.717) is 5.75 Å². The Morgan fingerprint density at radius 2 is 0.582 bits per heavy atom. The number of thiol groups is 1. The van der Waals surface area contributed by atoms with E-state index in [2.05, 4.69) is 340 Å². The van der Waals surface area contributed by atoms with Gasteiger partial charge in [0.15, 0.2) is 5.12 Å². The summed E-state index contributed by atoms with van der Waals surface area (Å²) in [6.07, 6.45) is 130. The van der Waals surface area contributed by atoms with E-state index in [-0.39, 0.29) is 54.4 Å². The number of carbonyl (C=O) groups excluding carboxylic acids is 4. The van der Waals surface area contributed by atoms with Crippen molar-refractivity contribution in [2.75, 3.05) is 47.8 Å². The van der Waals surface area contributed by atoms with Gasteiger partial charge in [0, 0.05) is 24.2 Å². The summed E-state index contributed by atoms with van der Waals surface area (Å²) in [4.78, 5) is 42.3. The molecule has 0 heterocycles. The molecule has 0 aliphatic rings. The fraction of sp³-hybridized carbons (Fsp3) is 0.460. The van der Waals surface area contributed by atoms with Crippen LogP contribution in [-0.4, -0.2) is 96.8 Å². The fourth-order valence-corrected chi connectivity index (χ4v) is 10.1. The number of Topliss-reactive ketones (excluding diaryl/α,β-unsaturated/α-hetero) is 2. The van der Waals surface area contributed by atoms with Crippen molar-refractivity contribution in [1.29, 1.82) is 0 Å². The van der Waals surface area contributed by atoms with E-state index in [1.54, 1.807) is 19.1 Å². The summed E-state index contributed by atoms with van der Waals surface area (Å²) in [6, 6.07) is 0. The second kappa shape index (κ2) is 117. The Morgan fingerprint density at radius 3 is 0.779 bits per heavy atom. The average molecular weight is 1860 g/mol. The van der Waals surface area contributed by atoms with Gasteiger partial charge in [-0.05, 0) is 193 Å². The van der Waals surface area contributed by atoms with Crippen LogP contribution >= 0.6 is 52.1 Å². The molecule has 0 radical (unpaired) electrons. The molecule has 0 fully saturated rings. The number of alkyl halides is 7. The van der Waals surface area contributed by atoms with Crippen LogP contribution in [0.3, 0.4) is 0 Å². The Kier molecular flexibility index (Phi) is 126. The third-order valence-corrected chi connectivity index (χ3v) is 17.1. The summed E-state index contributed by atoms with van der Waals surface area (Å²) in [5, 5.41) is 16.5. The van der Waals surface area contributed by atoms with Gasteiger partial charge in [0.2, 0.25) is 11.6 Å². The van der Waals surface area contributed by atoms with Crippen LogP contribution in [0.15, 0.2) is 304 Å². The minimum absolute atomic E-state index is 0. The summed E-state index contributed by atoms with van der Waals surface area (Å²) in [5.41, 5.74) is 0. The normalized spacial score (nSPS) is 12.8. The van der Waals surface area contributed by atoms with Crippen LogP contribution in [0.2, 0.25) is 0 Å². The van der Waals surface area contributed by atoms with Crippen molar-refractivity contribution >= 4 is 85.4 Å². The quantitative estimate of drug-likeness (QED) is 0.00567. The standard InChI is InChI=1S/C21H29F3OS.C20H30OS.C19H30O3S.C18H28O.C18H28S.C3H2BrF3O.CH2O3.Na/c1-2-3-4-5-6-7-8-9-10-11-12-13-14-15-16-17-18-26-19-20(25)21(22,23)24;1-3-4-5-6-7-8-9-10-11-12-13-14-15-16-17-18-19-22-20(2)21;1-3-4-5-6-7-8-9-10-11-12-13-14-15-16-17-18-19-22-23(2,20)21;2*1-2-3-4-5-6-7-8-9-10-11-12-13-14-15-16-17-18-19;4-1-2(8)3(5,6)7;2-1-4-3;/h3-4,6-7,9-10,12-13,16-17H,2,5,8,11,14-15,18-19H2,1H3;4-5,7-8,10-11,13-14,17-18H,3,6,9,12,15-16,19H2,1-2H3;4-5,7-8,10-11,13-14,17-18H,3,6,9,12,15-16,19H2,1-2H3;2*3-4,6-7,9-10,12-13,16-17,19H,2,5,8,11,14-15,18H2,1H3;1H2;1,3H;/q;;;;;;;+1/p-1/b4-3-,7-6-,10-9-,13-12-,17-16+;2*5-4-,8-7-,11-10-,14-13-,18-17+;2*4-3-,7-6-,10-9-,13-12-,17-16+;;;. The molecule has 1 N–H and O–H groups in total. The number of aliphatic hydroxyl groups is 1. The summed E-state index contributed by atoms with van der Waals surface area (Å²) in [7, 11) is -3.33. The van der Waals surface area contributed by atoms with Crippen LogP contribution in [0.1, 0.15) is 234 Å². The van der Waals surface area contributed by atoms with Crippen molar-refractivity contribution in [3.05, 3.63) is 304 Å². The molecule has 0 saturated heterocycles. The van der Waals surface area contributed by atoms with Gasteiger partial charge in [0.25, 0.3) is 16.6 Å².